The van der Waals surface area contributed by atoms with E-state index in [2.05, 4.69) is 5.32 Å². The van der Waals surface area contributed by atoms with Crippen LogP contribution in [0.1, 0.15) is 38.5 Å². The molecule has 4 N–H and O–H groups in total. The van der Waals surface area contributed by atoms with Crippen molar-refractivity contribution >= 4 is 12.0 Å². The van der Waals surface area contributed by atoms with E-state index in [0.29, 0.717) is 25.9 Å². The van der Waals surface area contributed by atoms with Gasteiger partial charge >= 0.3 is 12.0 Å². The molecule has 1 saturated carbocycles. The van der Waals surface area contributed by atoms with E-state index in [4.69, 9.17) is 15.6 Å². The number of nitrogens with one attached hydrogen (secondary N) is 1. The van der Waals surface area contributed by atoms with Crippen LogP contribution in [0.4, 0.5) is 4.79 Å². The number of likely N-dealkylation sites (tertiary alicyclic amines) is 1. The van der Waals surface area contributed by atoms with Crippen LogP contribution in [0.2, 0.25) is 0 Å². The summed E-state index contributed by atoms with van der Waals surface area (Å²) in [6, 6.07) is 0.0698. The Hall–Kier alpha value is -1.34. The second kappa shape index (κ2) is 7.61. The number of piperidine rings is 1. The highest BCUT2D eigenvalue weighted by atomic mass is 16.5. The molecular weight excluding hydrogens is 274 g/mol. The molecule has 0 radical (unpaired) electrons. The Morgan fingerprint density at radius 3 is 2.48 bits per heavy atom. The number of amides is 2. The van der Waals surface area contributed by atoms with Gasteiger partial charge in [-0.05, 0) is 25.7 Å². The summed E-state index contributed by atoms with van der Waals surface area (Å²) in [7, 11) is 0. The van der Waals surface area contributed by atoms with E-state index in [0.717, 1.165) is 25.7 Å². The van der Waals surface area contributed by atoms with Gasteiger partial charge < -0.3 is 25.8 Å². The van der Waals surface area contributed by atoms with Gasteiger partial charge in [0.1, 0.15) is 6.61 Å². The van der Waals surface area contributed by atoms with Gasteiger partial charge in [-0.3, -0.25) is 0 Å². The molecule has 2 rings (SSSR count). The normalized spacial score (nSPS) is 27.4. The van der Waals surface area contributed by atoms with Crippen molar-refractivity contribution in [3.8, 4) is 0 Å². The molecule has 0 aromatic heterocycles. The van der Waals surface area contributed by atoms with Crippen molar-refractivity contribution in [2.24, 2.45) is 5.73 Å². The number of nitrogens with two attached hydrogens (primary N) is 1. The zero-order chi connectivity index (χ0) is 15.2. The summed E-state index contributed by atoms with van der Waals surface area (Å²) < 4.78 is 5.26. The molecule has 1 aliphatic heterocycles. The lowest BCUT2D eigenvalue weighted by atomic mass is 9.91. The minimum Gasteiger partial charge on any atom is -0.480 e. The van der Waals surface area contributed by atoms with Crippen molar-refractivity contribution < 1.29 is 19.4 Å². The highest BCUT2D eigenvalue weighted by Crippen LogP contribution is 2.18. The lowest BCUT2D eigenvalue weighted by Crippen LogP contribution is -2.54. The van der Waals surface area contributed by atoms with E-state index in [-0.39, 0.29) is 30.8 Å². The quantitative estimate of drug-likeness (QED) is 0.702. The third-order valence-electron chi connectivity index (χ3n) is 4.30. The molecule has 2 atom stereocenters. The fourth-order valence-corrected chi connectivity index (χ4v) is 3.00. The maximum absolute atomic E-state index is 12.2. The number of carbonyl (C=O) groups excluding carboxylic acids is 1. The Bertz CT molecular complexity index is 369. The van der Waals surface area contributed by atoms with Gasteiger partial charge in [-0.2, -0.15) is 0 Å². The highest BCUT2D eigenvalue weighted by molar-refractivity contribution is 5.74. The van der Waals surface area contributed by atoms with Crippen LogP contribution in [-0.4, -0.2) is 59.9 Å². The standard InChI is InChI=1S/C14H25N3O4/c15-11-3-1-2-4-12(11)16-14(20)17-7-5-10(6-8-17)21-9-13(18)19/h10-12H,1-9,15H2,(H,16,20)(H,18,19). The molecule has 21 heavy (non-hydrogen) atoms. The van der Waals surface area contributed by atoms with Crippen molar-refractivity contribution in [2.75, 3.05) is 19.7 Å². The molecule has 1 saturated heterocycles. The minimum atomic E-state index is -0.957. The molecule has 0 bridgehead atoms. The molecule has 2 unspecified atom stereocenters. The maximum Gasteiger partial charge on any atom is 0.329 e. The van der Waals surface area contributed by atoms with Crippen molar-refractivity contribution in [3.63, 3.8) is 0 Å². The summed E-state index contributed by atoms with van der Waals surface area (Å²) in [4.78, 5) is 24.4. The third kappa shape index (κ3) is 4.86. The van der Waals surface area contributed by atoms with Crippen molar-refractivity contribution in [1.82, 2.24) is 10.2 Å². The zero-order valence-corrected chi connectivity index (χ0v) is 12.3. The Labute approximate surface area is 124 Å². The van der Waals surface area contributed by atoms with Crippen molar-refractivity contribution in [1.29, 1.82) is 0 Å². The van der Waals surface area contributed by atoms with Gasteiger partial charge in [-0.15, -0.1) is 0 Å². The van der Waals surface area contributed by atoms with Crippen molar-refractivity contribution in [2.45, 2.75) is 56.7 Å². The summed E-state index contributed by atoms with van der Waals surface area (Å²) in [6.07, 6.45) is 5.46. The number of hydrogen-bond donors (Lipinski definition) is 3. The van der Waals surface area contributed by atoms with Gasteiger partial charge in [0.15, 0.2) is 0 Å². The van der Waals surface area contributed by atoms with Gasteiger partial charge in [-0.1, -0.05) is 12.8 Å². The first-order chi connectivity index (χ1) is 10.1. The molecule has 0 spiro atoms. The molecule has 2 amide bonds. The van der Waals surface area contributed by atoms with Crippen LogP contribution in [0.3, 0.4) is 0 Å². The molecule has 0 aromatic rings. The number of rotatable bonds is 4. The Balaban J connectivity index is 1.71. The molecule has 7 heteroatoms. The number of hydrogen-bond acceptors (Lipinski definition) is 4. The van der Waals surface area contributed by atoms with Gasteiger partial charge in [0.05, 0.1) is 6.10 Å². The molecule has 7 nitrogen and oxygen atoms in total. The average molecular weight is 299 g/mol. The molecule has 2 aliphatic rings. The first-order valence-electron chi connectivity index (χ1n) is 7.70. The predicted octanol–water partition coefficient (Wildman–Crippen LogP) is 0.532. The SMILES string of the molecule is NC1CCCCC1NC(=O)N1CCC(OCC(=O)O)CC1. The van der Waals surface area contributed by atoms with Crippen LogP contribution in [-0.2, 0) is 9.53 Å². The first kappa shape index (κ1) is 16.0. The highest BCUT2D eigenvalue weighted by Gasteiger charge is 2.28. The number of carboxylic acids is 1. The number of carbonyl (C=O) groups is 2. The van der Waals surface area contributed by atoms with Gasteiger partial charge in [-0.25, -0.2) is 9.59 Å². The predicted molar refractivity (Wildman–Crippen MR) is 76.9 cm³/mol. The Morgan fingerprint density at radius 1 is 1.19 bits per heavy atom. The molecule has 120 valence electrons. The monoisotopic (exact) mass is 299 g/mol. The van der Waals surface area contributed by atoms with Gasteiger partial charge in [0.2, 0.25) is 0 Å². The average Bonchev–Trinajstić information content (AvgIpc) is 2.48. The maximum atomic E-state index is 12.2. The fourth-order valence-electron chi connectivity index (χ4n) is 3.00. The second-order valence-corrected chi connectivity index (χ2v) is 5.90. The summed E-state index contributed by atoms with van der Waals surface area (Å²) >= 11 is 0. The Morgan fingerprint density at radius 2 is 1.86 bits per heavy atom. The van der Waals surface area contributed by atoms with Crippen LogP contribution in [0.15, 0.2) is 0 Å². The lowest BCUT2D eigenvalue weighted by Gasteiger charge is -2.35. The molecule has 1 heterocycles. The topological polar surface area (TPSA) is 105 Å². The van der Waals surface area contributed by atoms with Gasteiger partial charge in [0.25, 0.3) is 0 Å². The smallest absolute Gasteiger partial charge is 0.329 e. The van der Waals surface area contributed by atoms with Crippen LogP contribution >= 0.6 is 0 Å². The molecule has 0 aromatic carbocycles. The molecular formula is C14H25N3O4. The summed E-state index contributed by atoms with van der Waals surface area (Å²) in [5.41, 5.74) is 6.04. The summed E-state index contributed by atoms with van der Waals surface area (Å²) in [5, 5.41) is 11.6. The van der Waals surface area contributed by atoms with Crippen molar-refractivity contribution in [3.05, 3.63) is 0 Å². The summed E-state index contributed by atoms with van der Waals surface area (Å²) in [6.45, 7) is 0.921. The number of aliphatic carboxylic acids is 1. The van der Waals surface area contributed by atoms with Gasteiger partial charge in [0, 0.05) is 25.2 Å². The first-order valence-corrected chi connectivity index (χ1v) is 7.70. The number of nitrogens with zero attached hydrogens (tertiary/aromatic N) is 1. The number of ether oxygens (including phenoxy) is 1. The van der Waals surface area contributed by atoms with Crippen LogP contribution in [0.25, 0.3) is 0 Å². The van der Waals surface area contributed by atoms with E-state index < -0.39 is 5.97 Å². The number of carboxylic acid groups (broad SMARTS) is 1. The Kier molecular flexibility index (Phi) is 5.81. The van der Waals surface area contributed by atoms with Crippen LogP contribution in [0, 0.1) is 0 Å². The summed E-state index contributed by atoms with van der Waals surface area (Å²) in [5.74, 6) is -0.957. The minimum absolute atomic E-state index is 0.0548. The third-order valence-corrected chi connectivity index (χ3v) is 4.30. The van der Waals surface area contributed by atoms with E-state index in [9.17, 15) is 9.59 Å². The fraction of sp³-hybridized carbons (Fsp3) is 0.857. The molecule has 2 fully saturated rings. The lowest BCUT2D eigenvalue weighted by molar-refractivity contribution is -0.145. The largest absolute Gasteiger partial charge is 0.480 e. The van der Waals surface area contributed by atoms with E-state index in [1.807, 2.05) is 0 Å². The molecule has 1 aliphatic carbocycles. The van der Waals surface area contributed by atoms with Crippen LogP contribution in [0.5, 0.6) is 0 Å². The number of urea groups is 1. The second-order valence-electron chi connectivity index (χ2n) is 5.90. The zero-order valence-electron chi connectivity index (χ0n) is 12.3. The van der Waals surface area contributed by atoms with E-state index in [1.165, 1.54) is 0 Å². The van der Waals surface area contributed by atoms with Crippen LogP contribution < -0.4 is 11.1 Å². The van der Waals surface area contributed by atoms with E-state index in [1.54, 1.807) is 4.90 Å². The van der Waals surface area contributed by atoms with E-state index >= 15 is 0 Å².